The Balaban J connectivity index is 4.69. The molecule has 0 fully saturated rings. The largest absolute Gasteiger partial charge is 0.472 e. The van der Waals surface area contributed by atoms with Gasteiger partial charge in [-0.05, 0) is 50.9 Å². The van der Waals surface area contributed by atoms with Crippen molar-refractivity contribution in [1.29, 1.82) is 0 Å². The fourth-order valence-corrected chi connectivity index (χ4v) is 6.23. The highest BCUT2D eigenvalue weighted by atomic mass is 31.2. The summed E-state index contributed by atoms with van der Waals surface area (Å²) in [6.45, 7) is 3.77. The van der Waals surface area contributed by atoms with Crippen LogP contribution in [0.2, 0.25) is 0 Å². The number of unbranched alkanes of at least 4 members (excludes halogenated alkanes) is 9. The van der Waals surface area contributed by atoms with Crippen molar-refractivity contribution in [2.24, 2.45) is 5.92 Å². The number of carbonyl (C=O) groups excluding carboxylic acids is 2. The van der Waals surface area contributed by atoms with Crippen molar-refractivity contribution in [3.63, 3.8) is 0 Å². The Bertz CT molecular complexity index is 1210. The van der Waals surface area contributed by atoms with Gasteiger partial charge in [0.1, 0.15) is 12.7 Å². The topological polar surface area (TPSA) is 216 Å². The Kier molecular flexibility index (Phi) is 33.8. The van der Waals surface area contributed by atoms with Crippen molar-refractivity contribution >= 4 is 27.6 Å². The van der Waals surface area contributed by atoms with Crippen LogP contribution in [0.5, 0.6) is 0 Å². The second kappa shape index (κ2) is 35.0. The van der Waals surface area contributed by atoms with E-state index in [1.54, 1.807) is 0 Å². The second-order valence-corrected chi connectivity index (χ2v) is 16.9. The maximum absolute atomic E-state index is 12.6. The van der Waals surface area contributed by atoms with E-state index in [0.29, 0.717) is 19.3 Å². The molecule has 14 nitrogen and oxygen atoms in total. The van der Waals surface area contributed by atoms with E-state index in [0.717, 1.165) is 63.7 Å². The predicted octanol–water partition coefficient (Wildman–Crippen LogP) is 8.72. The summed E-state index contributed by atoms with van der Waals surface area (Å²) in [6, 6.07) is 0. The zero-order valence-electron chi connectivity index (χ0n) is 34.0. The fraction of sp³-hybridized carbons (Fsp3) is 0.750. The average molecular weight is 839 g/mol. The lowest BCUT2D eigenvalue weighted by molar-refractivity contribution is -0.161. The van der Waals surface area contributed by atoms with Crippen LogP contribution in [0.25, 0.3) is 0 Å². The molecule has 0 aliphatic rings. The molecule has 0 aliphatic carbocycles. The van der Waals surface area contributed by atoms with Crippen LogP contribution in [0.3, 0.4) is 0 Å². The van der Waals surface area contributed by atoms with Crippen molar-refractivity contribution in [3.8, 4) is 0 Å². The first-order chi connectivity index (χ1) is 26.6. The van der Waals surface area contributed by atoms with Crippen LogP contribution in [-0.4, -0.2) is 81.6 Å². The van der Waals surface area contributed by atoms with E-state index in [1.807, 2.05) is 30.4 Å². The van der Waals surface area contributed by atoms with Gasteiger partial charge in [0.2, 0.25) is 0 Å². The van der Waals surface area contributed by atoms with E-state index >= 15 is 0 Å². The number of allylic oxidation sites excluding steroid dienone is 7. The van der Waals surface area contributed by atoms with Gasteiger partial charge in [0.25, 0.3) is 0 Å². The summed E-state index contributed by atoms with van der Waals surface area (Å²) < 4.78 is 47.5. The Morgan fingerprint density at radius 2 is 1.14 bits per heavy atom. The highest BCUT2D eigenvalue weighted by Gasteiger charge is 2.28. The minimum atomic E-state index is -4.87. The van der Waals surface area contributed by atoms with Gasteiger partial charge in [-0.1, -0.05) is 134 Å². The normalized spacial score (nSPS) is 15.3. The molecular weight excluding hydrogens is 766 g/mol. The molecule has 56 heavy (non-hydrogen) atoms. The third-order valence-electron chi connectivity index (χ3n) is 8.21. The molecule has 326 valence electrons. The summed E-state index contributed by atoms with van der Waals surface area (Å²) in [6.07, 6.45) is 29.0. The molecule has 0 radical (unpaired) electrons. The molecule has 0 aromatic rings. The molecule has 0 spiro atoms. The van der Waals surface area contributed by atoms with Gasteiger partial charge in [-0.25, -0.2) is 9.13 Å². The molecule has 0 aromatic carbocycles. The molecule has 16 heteroatoms. The van der Waals surface area contributed by atoms with Crippen LogP contribution in [0.4, 0.5) is 0 Å². The molecule has 1 unspecified atom stereocenters. The van der Waals surface area contributed by atoms with Crippen LogP contribution >= 0.6 is 15.6 Å². The summed E-state index contributed by atoms with van der Waals surface area (Å²) in [7, 11) is -9.70. The van der Waals surface area contributed by atoms with E-state index < -0.39 is 66.2 Å². The van der Waals surface area contributed by atoms with E-state index in [-0.39, 0.29) is 18.9 Å². The van der Waals surface area contributed by atoms with Gasteiger partial charge in [-0.3, -0.25) is 23.2 Å². The molecule has 4 atom stereocenters. The number of hydrogen-bond acceptors (Lipinski definition) is 11. The first kappa shape index (κ1) is 54.0. The van der Waals surface area contributed by atoms with Gasteiger partial charge in [0.15, 0.2) is 6.10 Å². The van der Waals surface area contributed by atoms with Crippen LogP contribution in [-0.2, 0) is 41.8 Å². The highest BCUT2D eigenvalue weighted by Crippen LogP contribution is 2.43. The number of aliphatic hydroxyl groups excluding tert-OH is 2. The average Bonchev–Trinajstić information content (AvgIpc) is 3.13. The third kappa shape index (κ3) is 38.9. The number of rotatable bonds is 37. The van der Waals surface area contributed by atoms with Crippen molar-refractivity contribution in [2.75, 3.05) is 26.4 Å². The Morgan fingerprint density at radius 1 is 0.607 bits per heavy atom. The molecule has 0 saturated heterocycles. The number of phosphoric acid groups is 2. The van der Waals surface area contributed by atoms with Crippen molar-refractivity contribution in [2.45, 2.75) is 161 Å². The highest BCUT2D eigenvalue weighted by molar-refractivity contribution is 7.47. The summed E-state index contributed by atoms with van der Waals surface area (Å²) in [5.74, 6) is -0.389. The number of carbonyl (C=O) groups is 2. The van der Waals surface area contributed by atoms with E-state index in [4.69, 9.17) is 23.8 Å². The fourth-order valence-electron chi connectivity index (χ4n) is 5.07. The first-order valence-corrected chi connectivity index (χ1v) is 23.3. The summed E-state index contributed by atoms with van der Waals surface area (Å²) in [5, 5.41) is 19.5. The molecule has 0 saturated carbocycles. The molecule has 0 amide bonds. The first-order valence-electron chi connectivity index (χ1n) is 20.3. The zero-order valence-corrected chi connectivity index (χ0v) is 35.8. The summed E-state index contributed by atoms with van der Waals surface area (Å²) in [4.78, 5) is 52.5. The molecule has 0 aromatic heterocycles. The third-order valence-corrected chi connectivity index (χ3v) is 9.65. The smallest absolute Gasteiger partial charge is 0.462 e. The van der Waals surface area contributed by atoms with Gasteiger partial charge >= 0.3 is 27.6 Å². The lowest BCUT2D eigenvalue weighted by Crippen LogP contribution is -2.29. The van der Waals surface area contributed by atoms with Gasteiger partial charge in [-0.2, -0.15) is 0 Å². The van der Waals surface area contributed by atoms with Crippen LogP contribution < -0.4 is 0 Å². The maximum Gasteiger partial charge on any atom is 0.472 e. The number of hydrogen-bond donors (Lipinski definition) is 5. The number of phosphoric ester groups is 2. The second-order valence-electron chi connectivity index (χ2n) is 14.2. The van der Waals surface area contributed by atoms with E-state index in [2.05, 4.69) is 48.0 Å². The quantitative estimate of drug-likeness (QED) is 0.0171. The van der Waals surface area contributed by atoms with Gasteiger partial charge in [0.05, 0.1) is 25.9 Å². The molecule has 0 heterocycles. The van der Waals surface area contributed by atoms with E-state index in [1.165, 1.54) is 32.1 Å². The summed E-state index contributed by atoms with van der Waals surface area (Å²) in [5.41, 5.74) is 0. The minimum Gasteiger partial charge on any atom is -0.462 e. The molecule has 0 bridgehead atoms. The Labute approximate surface area is 335 Å². The van der Waals surface area contributed by atoms with E-state index in [9.17, 15) is 33.8 Å². The number of esters is 2. The number of ether oxygens (including phenoxy) is 2. The minimum absolute atomic E-state index is 0.0380. The summed E-state index contributed by atoms with van der Waals surface area (Å²) >= 11 is 0. The predicted molar refractivity (Wildman–Crippen MR) is 217 cm³/mol. The molecule has 0 rings (SSSR count). The van der Waals surface area contributed by atoms with Crippen LogP contribution in [0, 0.1) is 5.92 Å². The van der Waals surface area contributed by atoms with Crippen molar-refractivity contribution in [1.82, 2.24) is 0 Å². The number of aliphatic hydroxyl groups is 2. The van der Waals surface area contributed by atoms with Crippen LogP contribution in [0.15, 0.2) is 48.6 Å². The molecule has 0 aliphatic heterocycles. The van der Waals surface area contributed by atoms with Crippen molar-refractivity contribution < 1.29 is 66.7 Å². The van der Waals surface area contributed by atoms with Gasteiger partial charge in [-0.15, -0.1) is 0 Å². The van der Waals surface area contributed by atoms with Gasteiger partial charge < -0.3 is 34.4 Å². The molecular formula is C40H72O14P2. The standard InChI is InChI=1S/C40H72O14P2/c1-4-5-27-36(41)28-23-19-15-10-8-6-7-9-11-17-21-25-30-40(44)54-38(34-53-56(48,49)52-32-37(42)31-51-55(45,46)47)33-50-39(43)29-24-20-16-13-12-14-18-22-26-35(2)3/h6-7,10-11,15,17,23,28,35-38,41-42H,4-5,8-9,12-14,16,18-22,24-27,29-34H2,1-3H3,(H,48,49)(H2,45,46,47)/b7-6-,15-10-,17-11-,28-23-/t36-,37+,38-/m1/s1. The maximum atomic E-state index is 12.6. The monoisotopic (exact) mass is 838 g/mol. The Morgan fingerprint density at radius 3 is 1.75 bits per heavy atom. The van der Waals surface area contributed by atoms with Crippen molar-refractivity contribution in [3.05, 3.63) is 48.6 Å². The molecule has 5 N–H and O–H groups in total. The lowest BCUT2D eigenvalue weighted by Gasteiger charge is -2.20. The lowest BCUT2D eigenvalue weighted by atomic mass is 10.0. The SMILES string of the molecule is CCCC[C@@H](O)/C=C\C/C=C\C/C=C\C/C=C\CCCC(=O)O[C@H](COC(=O)CCCCCCCCCCC(C)C)COP(=O)(O)OC[C@@H](O)COP(=O)(O)O. The van der Waals surface area contributed by atoms with Gasteiger partial charge in [0, 0.05) is 12.8 Å². The Hall–Kier alpha value is -1.96. The van der Waals surface area contributed by atoms with Crippen LogP contribution in [0.1, 0.15) is 143 Å². The zero-order chi connectivity index (χ0) is 41.9.